The molecule has 1 fully saturated rings. The normalized spacial score (nSPS) is 15.9. The summed E-state index contributed by atoms with van der Waals surface area (Å²) < 4.78 is 1.64. The number of amides is 2. The fourth-order valence-corrected chi connectivity index (χ4v) is 4.31. The summed E-state index contributed by atoms with van der Waals surface area (Å²) in [6, 6.07) is 18.7. The number of nitrogens with zero attached hydrogens (tertiary/aromatic N) is 4. The van der Waals surface area contributed by atoms with Crippen LogP contribution in [0.4, 0.5) is 11.5 Å². The number of anilines is 2. The van der Waals surface area contributed by atoms with Crippen LogP contribution >= 0.6 is 11.6 Å². The maximum absolute atomic E-state index is 13.1. The highest BCUT2D eigenvalue weighted by Crippen LogP contribution is 2.28. The predicted octanol–water partition coefficient (Wildman–Crippen LogP) is 4.68. The summed E-state index contributed by atoms with van der Waals surface area (Å²) in [5.74, 6) is 0.368. The number of hydrogen-bond acceptors (Lipinski definition) is 4. The van der Waals surface area contributed by atoms with Gasteiger partial charge >= 0.3 is 0 Å². The van der Waals surface area contributed by atoms with Crippen LogP contribution in [0.2, 0.25) is 5.02 Å². The summed E-state index contributed by atoms with van der Waals surface area (Å²) in [7, 11) is 0. The van der Waals surface area contributed by atoms with Crippen molar-refractivity contribution in [3.8, 4) is 5.82 Å². The van der Waals surface area contributed by atoms with Crippen LogP contribution in [0.5, 0.6) is 0 Å². The zero-order valence-corrected chi connectivity index (χ0v) is 19.0. The van der Waals surface area contributed by atoms with Gasteiger partial charge in [-0.25, -0.2) is 4.98 Å². The Kier molecular flexibility index (Phi) is 5.34. The van der Waals surface area contributed by atoms with Crippen LogP contribution < -0.4 is 10.2 Å². The molecule has 2 aromatic carbocycles. The van der Waals surface area contributed by atoms with Gasteiger partial charge in [-0.2, -0.15) is 9.78 Å². The Morgan fingerprint density at radius 3 is 2.64 bits per heavy atom. The molecule has 1 unspecified atom stereocenters. The third-order valence-corrected chi connectivity index (χ3v) is 6.10. The Balaban J connectivity index is 1.39. The maximum Gasteiger partial charge on any atom is 0.230 e. The SMILES string of the molecule is Cc1cc(NC(=O)C2CC(=O)N(c3ccc(Cl)cc3)C2)n(-c2cc(C)c3ccccc3n2)n1. The van der Waals surface area contributed by atoms with Gasteiger partial charge in [0, 0.05) is 35.1 Å². The lowest BCUT2D eigenvalue weighted by molar-refractivity contribution is -0.122. The fraction of sp³-hybridized carbons (Fsp3) is 0.200. The smallest absolute Gasteiger partial charge is 0.230 e. The molecule has 2 aromatic heterocycles. The molecule has 4 aromatic rings. The van der Waals surface area contributed by atoms with Crippen molar-refractivity contribution in [2.24, 2.45) is 5.92 Å². The standard InChI is InChI=1S/C25H22ClN5O2/c1-15-11-22(27-21-6-4-3-5-20(15)21)31-23(12-16(2)29-31)28-25(33)17-13-24(32)30(14-17)19-9-7-18(26)8-10-19/h3-12,17H,13-14H2,1-2H3,(H,28,33). The molecule has 1 N–H and O–H groups in total. The number of carbonyl (C=O) groups excluding carboxylic acids is 2. The number of aromatic nitrogens is 3. The first-order chi connectivity index (χ1) is 15.9. The first-order valence-corrected chi connectivity index (χ1v) is 11.1. The van der Waals surface area contributed by atoms with Crippen LogP contribution in [0.3, 0.4) is 0 Å². The van der Waals surface area contributed by atoms with E-state index in [0.717, 1.165) is 27.8 Å². The average molecular weight is 460 g/mol. The highest BCUT2D eigenvalue weighted by molar-refractivity contribution is 6.30. The van der Waals surface area contributed by atoms with Gasteiger partial charge in [-0.05, 0) is 55.8 Å². The number of nitrogens with one attached hydrogen (secondary N) is 1. The number of benzene rings is 2. The second-order valence-corrected chi connectivity index (χ2v) is 8.70. The maximum atomic E-state index is 13.1. The van der Waals surface area contributed by atoms with Crippen LogP contribution in [-0.4, -0.2) is 33.1 Å². The van der Waals surface area contributed by atoms with Gasteiger partial charge < -0.3 is 10.2 Å². The van der Waals surface area contributed by atoms with Gasteiger partial charge in [-0.15, -0.1) is 0 Å². The summed E-state index contributed by atoms with van der Waals surface area (Å²) in [6.45, 7) is 4.20. The molecule has 1 aliphatic heterocycles. The minimum atomic E-state index is -0.469. The van der Waals surface area contributed by atoms with E-state index in [4.69, 9.17) is 16.6 Å². The van der Waals surface area contributed by atoms with Crippen molar-refractivity contribution in [2.45, 2.75) is 20.3 Å². The highest BCUT2D eigenvalue weighted by atomic mass is 35.5. The van der Waals surface area contributed by atoms with Crippen molar-refractivity contribution < 1.29 is 9.59 Å². The second kappa shape index (κ2) is 8.33. The van der Waals surface area contributed by atoms with E-state index in [0.29, 0.717) is 23.2 Å². The molecule has 1 saturated heterocycles. The predicted molar refractivity (Wildman–Crippen MR) is 129 cm³/mol. The number of carbonyl (C=O) groups is 2. The van der Waals surface area contributed by atoms with Crippen molar-refractivity contribution >= 4 is 45.8 Å². The van der Waals surface area contributed by atoms with E-state index in [2.05, 4.69) is 10.4 Å². The number of para-hydroxylation sites is 1. The minimum Gasteiger partial charge on any atom is -0.312 e. The van der Waals surface area contributed by atoms with Crippen molar-refractivity contribution in [1.29, 1.82) is 0 Å². The monoisotopic (exact) mass is 459 g/mol. The molecule has 1 atom stereocenters. The molecule has 33 heavy (non-hydrogen) atoms. The Labute approximate surface area is 196 Å². The number of fused-ring (bicyclic) bond motifs is 1. The first-order valence-electron chi connectivity index (χ1n) is 10.7. The summed E-state index contributed by atoms with van der Waals surface area (Å²) in [4.78, 5) is 32.0. The van der Waals surface area contributed by atoms with Crippen molar-refractivity contribution in [2.75, 3.05) is 16.8 Å². The van der Waals surface area contributed by atoms with E-state index >= 15 is 0 Å². The quantitative estimate of drug-likeness (QED) is 0.480. The van der Waals surface area contributed by atoms with E-state index in [1.54, 1.807) is 39.9 Å². The average Bonchev–Trinajstić information content (AvgIpc) is 3.36. The van der Waals surface area contributed by atoms with Crippen LogP contribution in [0, 0.1) is 19.8 Å². The molecule has 166 valence electrons. The summed E-state index contributed by atoms with van der Waals surface area (Å²) >= 11 is 5.95. The van der Waals surface area contributed by atoms with Crippen LogP contribution in [0.15, 0.2) is 60.7 Å². The number of halogens is 1. The zero-order valence-electron chi connectivity index (χ0n) is 18.2. The molecule has 3 heterocycles. The molecule has 0 radical (unpaired) electrons. The van der Waals surface area contributed by atoms with E-state index < -0.39 is 5.92 Å². The minimum absolute atomic E-state index is 0.0889. The third-order valence-electron chi connectivity index (χ3n) is 5.84. The van der Waals surface area contributed by atoms with E-state index in [-0.39, 0.29) is 18.2 Å². The van der Waals surface area contributed by atoms with Gasteiger partial charge in [0.1, 0.15) is 5.82 Å². The Bertz CT molecular complexity index is 1380. The number of hydrogen-bond donors (Lipinski definition) is 1. The second-order valence-electron chi connectivity index (χ2n) is 8.27. The van der Waals surface area contributed by atoms with Gasteiger partial charge in [0.25, 0.3) is 0 Å². The van der Waals surface area contributed by atoms with E-state index in [9.17, 15) is 9.59 Å². The van der Waals surface area contributed by atoms with Gasteiger partial charge in [0.05, 0.1) is 17.1 Å². The Morgan fingerprint density at radius 2 is 1.85 bits per heavy atom. The molecule has 0 saturated carbocycles. The molecule has 0 aliphatic carbocycles. The molecule has 5 rings (SSSR count). The lowest BCUT2D eigenvalue weighted by atomic mass is 10.1. The molecule has 8 heteroatoms. The van der Waals surface area contributed by atoms with E-state index in [1.165, 1.54) is 0 Å². The van der Waals surface area contributed by atoms with Gasteiger partial charge in [0.2, 0.25) is 11.8 Å². The Morgan fingerprint density at radius 1 is 1.09 bits per heavy atom. The summed E-state index contributed by atoms with van der Waals surface area (Å²) in [5, 5.41) is 9.18. The molecule has 1 aliphatic rings. The molecule has 7 nitrogen and oxygen atoms in total. The number of rotatable bonds is 4. The zero-order chi connectivity index (χ0) is 23.1. The lowest BCUT2D eigenvalue weighted by Crippen LogP contribution is -2.28. The molecular formula is C25H22ClN5O2. The third kappa shape index (κ3) is 4.07. The Hall–Kier alpha value is -3.71. The van der Waals surface area contributed by atoms with Crippen molar-refractivity contribution in [3.63, 3.8) is 0 Å². The molecule has 2 amide bonds. The first kappa shape index (κ1) is 21.2. The van der Waals surface area contributed by atoms with Crippen LogP contribution in [-0.2, 0) is 9.59 Å². The molecule has 0 spiro atoms. The number of aryl methyl sites for hydroxylation is 2. The van der Waals surface area contributed by atoms with Gasteiger partial charge in [-0.1, -0.05) is 29.8 Å². The summed E-state index contributed by atoms with van der Waals surface area (Å²) in [5.41, 5.74) is 3.42. The molecular weight excluding hydrogens is 438 g/mol. The fourth-order valence-electron chi connectivity index (χ4n) is 4.19. The topological polar surface area (TPSA) is 80.1 Å². The van der Waals surface area contributed by atoms with Crippen LogP contribution in [0.25, 0.3) is 16.7 Å². The highest BCUT2D eigenvalue weighted by Gasteiger charge is 2.35. The lowest BCUT2D eigenvalue weighted by Gasteiger charge is -2.17. The molecule has 0 bridgehead atoms. The van der Waals surface area contributed by atoms with E-state index in [1.807, 2.05) is 44.2 Å². The summed E-state index contributed by atoms with van der Waals surface area (Å²) in [6.07, 6.45) is 0.148. The van der Waals surface area contributed by atoms with Gasteiger partial charge in [-0.3, -0.25) is 9.59 Å². The number of pyridine rings is 1. The van der Waals surface area contributed by atoms with Crippen molar-refractivity contribution in [3.05, 3.63) is 76.9 Å². The van der Waals surface area contributed by atoms with Crippen LogP contribution in [0.1, 0.15) is 17.7 Å². The van der Waals surface area contributed by atoms with Crippen molar-refractivity contribution in [1.82, 2.24) is 14.8 Å². The largest absolute Gasteiger partial charge is 0.312 e. The van der Waals surface area contributed by atoms with Gasteiger partial charge in [0.15, 0.2) is 5.82 Å².